The largest absolute Gasteiger partial charge is 0.479 e. The van der Waals surface area contributed by atoms with Gasteiger partial charge in [0.1, 0.15) is 12.0 Å². The van der Waals surface area contributed by atoms with Crippen molar-refractivity contribution in [1.82, 2.24) is 14.9 Å². The highest BCUT2D eigenvalue weighted by Crippen LogP contribution is 2.29. The highest BCUT2D eigenvalue weighted by Gasteiger charge is 2.24. The minimum atomic E-state index is 0.447. The lowest BCUT2D eigenvalue weighted by Crippen LogP contribution is -2.43. The fourth-order valence-corrected chi connectivity index (χ4v) is 2.61. The van der Waals surface area contributed by atoms with E-state index < -0.39 is 0 Å². The number of nitrogens with zero attached hydrogens (tertiary/aromatic N) is 4. The van der Waals surface area contributed by atoms with Gasteiger partial charge in [-0.05, 0) is 19.4 Å². The molecule has 0 amide bonds. The molecule has 2 heterocycles. The van der Waals surface area contributed by atoms with E-state index in [4.69, 9.17) is 10.5 Å². The predicted molar refractivity (Wildman–Crippen MR) is 76.5 cm³/mol. The van der Waals surface area contributed by atoms with Crippen molar-refractivity contribution in [3.05, 3.63) is 6.33 Å². The molecule has 0 saturated carbocycles. The Morgan fingerprint density at radius 3 is 2.68 bits per heavy atom. The van der Waals surface area contributed by atoms with E-state index in [1.54, 1.807) is 7.11 Å². The fraction of sp³-hybridized carbons (Fsp3) is 0.692. The number of nitrogen functional groups attached to an aromatic ring is 1. The first-order chi connectivity index (χ1) is 9.17. The second-order valence-corrected chi connectivity index (χ2v) is 4.90. The molecule has 0 spiro atoms. The molecule has 1 aromatic rings. The standard InChI is InChI=1S/C13H23N5O/c1-4-18-7-5-10(6-8-18)17(2)12-11(14)13(19-3)16-9-15-12/h9-10H,4-8,14H2,1-3H3. The van der Waals surface area contributed by atoms with Crippen LogP contribution in [-0.4, -0.2) is 54.7 Å². The molecule has 2 N–H and O–H groups in total. The lowest BCUT2D eigenvalue weighted by atomic mass is 10.0. The summed E-state index contributed by atoms with van der Waals surface area (Å²) in [5.41, 5.74) is 6.57. The van der Waals surface area contributed by atoms with Gasteiger partial charge >= 0.3 is 0 Å². The Kier molecular flexibility index (Phi) is 4.42. The highest BCUT2D eigenvalue weighted by molar-refractivity contribution is 5.67. The zero-order valence-electron chi connectivity index (χ0n) is 12.0. The van der Waals surface area contributed by atoms with Gasteiger partial charge in [0.2, 0.25) is 5.88 Å². The van der Waals surface area contributed by atoms with E-state index >= 15 is 0 Å². The number of nitrogens with two attached hydrogens (primary N) is 1. The van der Waals surface area contributed by atoms with Gasteiger partial charge in [0, 0.05) is 26.2 Å². The summed E-state index contributed by atoms with van der Waals surface area (Å²) in [5, 5.41) is 0. The van der Waals surface area contributed by atoms with Crippen LogP contribution in [0.3, 0.4) is 0 Å². The van der Waals surface area contributed by atoms with Crippen LogP contribution in [0.5, 0.6) is 5.88 Å². The van der Waals surface area contributed by atoms with E-state index in [9.17, 15) is 0 Å². The van der Waals surface area contributed by atoms with Gasteiger partial charge in [-0.2, -0.15) is 4.98 Å². The van der Waals surface area contributed by atoms with E-state index in [1.165, 1.54) is 6.33 Å². The van der Waals surface area contributed by atoms with Crippen LogP contribution in [0.15, 0.2) is 6.33 Å². The Hall–Kier alpha value is -1.56. The van der Waals surface area contributed by atoms with Crippen molar-refractivity contribution in [2.75, 3.05) is 44.4 Å². The minimum Gasteiger partial charge on any atom is -0.479 e. The number of piperidine rings is 1. The Labute approximate surface area is 114 Å². The molecule has 1 fully saturated rings. The molecule has 0 bridgehead atoms. The molecule has 1 aliphatic heterocycles. The van der Waals surface area contributed by atoms with E-state index in [0.717, 1.165) is 38.3 Å². The second-order valence-electron chi connectivity index (χ2n) is 4.90. The molecule has 6 heteroatoms. The number of likely N-dealkylation sites (tertiary alicyclic amines) is 1. The molecular formula is C13H23N5O. The highest BCUT2D eigenvalue weighted by atomic mass is 16.5. The number of aromatic nitrogens is 2. The molecule has 2 rings (SSSR count). The molecule has 1 aliphatic rings. The first-order valence-corrected chi connectivity index (χ1v) is 6.77. The number of hydrogen-bond donors (Lipinski definition) is 1. The second kappa shape index (κ2) is 6.06. The molecular weight excluding hydrogens is 242 g/mol. The lowest BCUT2D eigenvalue weighted by Gasteiger charge is -2.37. The summed E-state index contributed by atoms with van der Waals surface area (Å²) < 4.78 is 5.15. The van der Waals surface area contributed by atoms with Gasteiger partial charge in [0.25, 0.3) is 0 Å². The monoisotopic (exact) mass is 265 g/mol. The average Bonchev–Trinajstić information content (AvgIpc) is 2.47. The van der Waals surface area contributed by atoms with E-state index in [0.29, 0.717) is 17.6 Å². The average molecular weight is 265 g/mol. The van der Waals surface area contributed by atoms with E-state index in [-0.39, 0.29) is 0 Å². The maximum absolute atomic E-state index is 6.05. The summed E-state index contributed by atoms with van der Waals surface area (Å²) in [4.78, 5) is 12.9. The smallest absolute Gasteiger partial charge is 0.242 e. The Balaban J connectivity index is 2.10. The topological polar surface area (TPSA) is 67.5 Å². The van der Waals surface area contributed by atoms with E-state index in [1.807, 2.05) is 7.05 Å². The number of rotatable bonds is 4. The van der Waals surface area contributed by atoms with Crippen LogP contribution in [0.1, 0.15) is 19.8 Å². The zero-order chi connectivity index (χ0) is 13.8. The number of ether oxygens (including phenoxy) is 1. The number of methoxy groups -OCH3 is 1. The lowest BCUT2D eigenvalue weighted by molar-refractivity contribution is 0.220. The number of anilines is 2. The summed E-state index contributed by atoms with van der Waals surface area (Å²) in [7, 11) is 3.62. The summed E-state index contributed by atoms with van der Waals surface area (Å²) in [6.07, 6.45) is 3.77. The van der Waals surface area contributed by atoms with E-state index in [2.05, 4.69) is 26.7 Å². The molecule has 0 aromatic carbocycles. The van der Waals surface area contributed by atoms with Gasteiger partial charge in [-0.25, -0.2) is 4.98 Å². The SMILES string of the molecule is CCN1CCC(N(C)c2ncnc(OC)c2N)CC1. The van der Waals surface area contributed by atoms with Gasteiger partial charge in [-0.15, -0.1) is 0 Å². The molecule has 106 valence electrons. The molecule has 1 saturated heterocycles. The van der Waals surface area contributed by atoms with Crippen LogP contribution in [0.4, 0.5) is 11.5 Å². The van der Waals surface area contributed by atoms with Gasteiger partial charge < -0.3 is 20.3 Å². The van der Waals surface area contributed by atoms with Gasteiger partial charge in [-0.1, -0.05) is 6.92 Å². The molecule has 0 aliphatic carbocycles. The van der Waals surface area contributed by atoms with Gasteiger partial charge in [0.15, 0.2) is 5.82 Å². The van der Waals surface area contributed by atoms with Crippen molar-refractivity contribution in [2.45, 2.75) is 25.8 Å². The Morgan fingerprint density at radius 1 is 1.42 bits per heavy atom. The summed E-state index contributed by atoms with van der Waals surface area (Å²) in [5.74, 6) is 1.21. The zero-order valence-corrected chi connectivity index (χ0v) is 12.0. The maximum Gasteiger partial charge on any atom is 0.242 e. The number of hydrogen-bond acceptors (Lipinski definition) is 6. The van der Waals surface area contributed by atoms with Crippen LogP contribution in [0, 0.1) is 0 Å². The third-order valence-corrected chi connectivity index (χ3v) is 3.91. The van der Waals surface area contributed by atoms with Crippen molar-refractivity contribution in [1.29, 1.82) is 0 Å². The van der Waals surface area contributed by atoms with Crippen molar-refractivity contribution >= 4 is 11.5 Å². The van der Waals surface area contributed by atoms with Crippen LogP contribution in [-0.2, 0) is 0 Å². The quantitative estimate of drug-likeness (QED) is 0.875. The van der Waals surface area contributed by atoms with Crippen LogP contribution in [0.2, 0.25) is 0 Å². The molecule has 6 nitrogen and oxygen atoms in total. The van der Waals surface area contributed by atoms with Crippen molar-refractivity contribution < 1.29 is 4.74 Å². The van der Waals surface area contributed by atoms with Crippen molar-refractivity contribution in [3.63, 3.8) is 0 Å². The van der Waals surface area contributed by atoms with Gasteiger partial charge in [0.05, 0.1) is 7.11 Å². The van der Waals surface area contributed by atoms with Crippen LogP contribution in [0.25, 0.3) is 0 Å². The molecule has 0 unspecified atom stereocenters. The third kappa shape index (κ3) is 2.89. The maximum atomic E-state index is 6.05. The first-order valence-electron chi connectivity index (χ1n) is 6.77. The first kappa shape index (κ1) is 13.9. The third-order valence-electron chi connectivity index (χ3n) is 3.91. The molecule has 19 heavy (non-hydrogen) atoms. The van der Waals surface area contributed by atoms with Crippen LogP contribution >= 0.6 is 0 Å². The van der Waals surface area contributed by atoms with Crippen molar-refractivity contribution in [3.8, 4) is 5.88 Å². The minimum absolute atomic E-state index is 0.447. The summed E-state index contributed by atoms with van der Waals surface area (Å²) >= 11 is 0. The van der Waals surface area contributed by atoms with Crippen LogP contribution < -0.4 is 15.4 Å². The molecule has 0 atom stereocenters. The molecule has 1 aromatic heterocycles. The Morgan fingerprint density at radius 2 is 2.11 bits per heavy atom. The predicted octanol–water partition coefficient (Wildman–Crippen LogP) is 0.988. The van der Waals surface area contributed by atoms with Gasteiger partial charge in [-0.3, -0.25) is 0 Å². The Bertz CT molecular complexity index is 417. The van der Waals surface area contributed by atoms with Crippen molar-refractivity contribution in [2.24, 2.45) is 0 Å². The fourth-order valence-electron chi connectivity index (χ4n) is 2.61. The normalized spacial score (nSPS) is 17.4. The summed E-state index contributed by atoms with van der Waals surface area (Å²) in [6.45, 7) is 5.60. The molecule has 0 radical (unpaired) electrons. The summed E-state index contributed by atoms with van der Waals surface area (Å²) in [6, 6.07) is 0.477.